The van der Waals surface area contributed by atoms with Crippen LogP contribution >= 0.6 is 24.0 Å². The summed E-state index contributed by atoms with van der Waals surface area (Å²) in [7, 11) is 3.81. The molecule has 7 heteroatoms. The first-order valence-corrected chi connectivity index (χ1v) is 10.0. The molecule has 0 aliphatic rings. The number of nitrogens with zero attached hydrogens (tertiary/aromatic N) is 2. The highest BCUT2D eigenvalue weighted by Crippen LogP contribution is 2.05. The highest BCUT2D eigenvalue weighted by atomic mass is 127. The zero-order valence-electron chi connectivity index (χ0n) is 18.0. The lowest BCUT2D eigenvalue weighted by Gasteiger charge is -2.20. The van der Waals surface area contributed by atoms with Gasteiger partial charge in [0, 0.05) is 38.3 Å². The Morgan fingerprint density at radius 2 is 1.96 bits per heavy atom. The van der Waals surface area contributed by atoms with Crippen molar-refractivity contribution in [1.29, 1.82) is 0 Å². The lowest BCUT2D eigenvalue weighted by Crippen LogP contribution is -2.38. The number of aliphatic imine (C=N–C) groups is 1. The molecule has 28 heavy (non-hydrogen) atoms. The Kier molecular flexibility index (Phi) is 14.8. The molecule has 0 fully saturated rings. The maximum absolute atomic E-state index is 11.7. The molecule has 0 unspecified atom stereocenters. The molecule has 0 aromatic heterocycles. The average Bonchev–Trinajstić information content (AvgIpc) is 2.66. The largest absolute Gasteiger partial charge is 0.357 e. The fourth-order valence-electron chi connectivity index (χ4n) is 2.60. The first-order valence-electron chi connectivity index (χ1n) is 10.0. The van der Waals surface area contributed by atoms with Gasteiger partial charge >= 0.3 is 0 Å². The Labute approximate surface area is 188 Å². The fourth-order valence-corrected chi connectivity index (χ4v) is 2.60. The van der Waals surface area contributed by atoms with Gasteiger partial charge in [-0.2, -0.15) is 0 Å². The third-order valence-electron chi connectivity index (χ3n) is 4.54. The van der Waals surface area contributed by atoms with Crippen molar-refractivity contribution >= 4 is 35.8 Å². The van der Waals surface area contributed by atoms with Crippen LogP contribution in [0.1, 0.15) is 49.5 Å². The normalized spacial score (nSPS) is 11.3. The number of hydrogen-bond donors (Lipinski definition) is 3. The van der Waals surface area contributed by atoms with Gasteiger partial charge in [-0.25, -0.2) is 0 Å². The van der Waals surface area contributed by atoms with Gasteiger partial charge in [0.05, 0.1) is 0 Å². The van der Waals surface area contributed by atoms with Crippen molar-refractivity contribution in [3.05, 3.63) is 35.4 Å². The fraction of sp³-hybridized carbons (Fsp3) is 0.619. The smallest absolute Gasteiger partial charge is 0.251 e. The second-order valence-electron chi connectivity index (χ2n) is 7.00. The molecule has 1 amide bonds. The second kappa shape index (κ2) is 15.6. The van der Waals surface area contributed by atoms with Crippen molar-refractivity contribution in [2.75, 3.05) is 40.3 Å². The number of benzene rings is 1. The van der Waals surface area contributed by atoms with Crippen LogP contribution in [0.25, 0.3) is 0 Å². The topological polar surface area (TPSA) is 68.8 Å². The zero-order valence-corrected chi connectivity index (χ0v) is 20.4. The maximum Gasteiger partial charge on any atom is 0.251 e. The van der Waals surface area contributed by atoms with Crippen molar-refractivity contribution in [2.24, 2.45) is 4.99 Å². The number of nitrogens with one attached hydrogen (secondary N) is 3. The minimum Gasteiger partial charge on any atom is -0.357 e. The molecule has 6 nitrogen and oxygen atoms in total. The van der Waals surface area contributed by atoms with E-state index >= 15 is 0 Å². The summed E-state index contributed by atoms with van der Waals surface area (Å²) in [4.78, 5) is 18.7. The summed E-state index contributed by atoms with van der Waals surface area (Å²) in [5.41, 5.74) is 1.83. The van der Waals surface area contributed by atoms with Gasteiger partial charge in [-0.3, -0.25) is 9.79 Å². The first-order chi connectivity index (χ1) is 13.0. The number of rotatable bonds is 11. The van der Waals surface area contributed by atoms with Crippen molar-refractivity contribution in [1.82, 2.24) is 20.9 Å². The van der Waals surface area contributed by atoms with E-state index in [0.29, 0.717) is 11.6 Å². The van der Waals surface area contributed by atoms with Crippen LogP contribution in [0.2, 0.25) is 0 Å². The molecule has 1 aromatic carbocycles. The minimum absolute atomic E-state index is 0. The molecule has 3 N–H and O–H groups in total. The van der Waals surface area contributed by atoms with Gasteiger partial charge in [0.25, 0.3) is 5.91 Å². The Morgan fingerprint density at radius 3 is 2.61 bits per heavy atom. The van der Waals surface area contributed by atoms with Crippen LogP contribution in [0.15, 0.2) is 29.3 Å². The van der Waals surface area contributed by atoms with Crippen LogP contribution in [-0.4, -0.2) is 63.1 Å². The van der Waals surface area contributed by atoms with Gasteiger partial charge in [0.15, 0.2) is 5.96 Å². The van der Waals surface area contributed by atoms with Gasteiger partial charge in [0.2, 0.25) is 0 Å². The molecule has 0 bridgehead atoms. The number of carbonyl (C=O) groups excluding carboxylic acids is 1. The molecule has 0 atom stereocenters. The maximum atomic E-state index is 11.7. The summed E-state index contributed by atoms with van der Waals surface area (Å²) < 4.78 is 0. The number of guanidine groups is 1. The molecule has 0 saturated carbocycles. The summed E-state index contributed by atoms with van der Waals surface area (Å²) in [5.74, 6) is 0.806. The van der Waals surface area contributed by atoms with Gasteiger partial charge in [-0.05, 0) is 71.3 Å². The van der Waals surface area contributed by atoms with Gasteiger partial charge in [-0.1, -0.05) is 12.1 Å². The molecule has 0 saturated heterocycles. The highest BCUT2D eigenvalue weighted by Gasteiger charge is 2.04. The van der Waals surface area contributed by atoms with Crippen LogP contribution in [0, 0.1) is 0 Å². The molecule has 1 rings (SSSR count). The predicted octanol–water partition coefficient (Wildman–Crippen LogP) is 2.88. The molecule has 0 spiro atoms. The number of carbonyl (C=O) groups is 1. The summed E-state index contributed by atoms with van der Waals surface area (Å²) in [6.45, 7) is 10.1. The predicted molar refractivity (Wildman–Crippen MR) is 130 cm³/mol. The number of hydrogen-bond acceptors (Lipinski definition) is 3. The number of amides is 1. The highest BCUT2D eigenvalue weighted by molar-refractivity contribution is 14.0. The van der Waals surface area contributed by atoms with Crippen LogP contribution < -0.4 is 16.0 Å². The van der Waals surface area contributed by atoms with Gasteiger partial charge in [-0.15, -0.1) is 24.0 Å². The SMILES string of the molecule is CCNC(=NCCCCN(C)C(C)C)NCCc1cccc(C(=O)NC)c1.I. The van der Waals surface area contributed by atoms with E-state index in [2.05, 4.69) is 53.7 Å². The Morgan fingerprint density at radius 1 is 1.21 bits per heavy atom. The first kappa shape index (κ1) is 26.6. The minimum atomic E-state index is -0.0529. The Bertz CT molecular complexity index is 592. The van der Waals surface area contributed by atoms with Crippen LogP contribution in [0.5, 0.6) is 0 Å². The van der Waals surface area contributed by atoms with Crippen molar-refractivity contribution in [3.8, 4) is 0 Å². The summed E-state index contributed by atoms with van der Waals surface area (Å²) in [6.07, 6.45) is 3.08. The summed E-state index contributed by atoms with van der Waals surface area (Å²) >= 11 is 0. The van der Waals surface area contributed by atoms with Gasteiger partial charge in [0.1, 0.15) is 0 Å². The Balaban J connectivity index is 0.00000729. The van der Waals surface area contributed by atoms with E-state index in [-0.39, 0.29) is 29.9 Å². The molecule has 0 radical (unpaired) electrons. The van der Waals surface area contributed by atoms with E-state index in [0.717, 1.165) is 57.0 Å². The third kappa shape index (κ3) is 10.8. The van der Waals surface area contributed by atoms with Crippen molar-refractivity contribution < 1.29 is 4.79 Å². The summed E-state index contributed by atoms with van der Waals surface area (Å²) in [6, 6.07) is 8.33. The van der Waals surface area contributed by atoms with Crippen molar-refractivity contribution in [2.45, 2.75) is 46.1 Å². The standard InChI is InChI=1S/C21H37N5O.HI/c1-6-23-21(24-13-7-8-15-26(5)17(2)3)25-14-12-18-10-9-11-19(16-18)20(27)22-4;/h9-11,16-17H,6-8,12-15H2,1-5H3,(H,22,27)(H2,23,24,25);1H. The Hall–Kier alpha value is -1.35. The molecule has 160 valence electrons. The molecule has 0 aliphatic carbocycles. The number of unbranched alkanes of at least 4 members (excludes halogenated alkanes) is 1. The molecular weight excluding hydrogens is 465 g/mol. The lowest BCUT2D eigenvalue weighted by molar-refractivity contribution is 0.0963. The summed E-state index contributed by atoms with van der Waals surface area (Å²) in [5, 5.41) is 9.33. The second-order valence-corrected chi connectivity index (χ2v) is 7.00. The number of halogens is 1. The van der Waals surface area contributed by atoms with E-state index in [1.165, 1.54) is 0 Å². The van der Waals surface area contributed by atoms with E-state index in [4.69, 9.17) is 0 Å². The van der Waals surface area contributed by atoms with E-state index in [1.807, 2.05) is 24.3 Å². The van der Waals surface area contributed by atoms with E-state index < -0.39 is 0 Å². The van der Waals surface area contributed by atoms with Crippen LogP contribution in [-0.2, 0) is 6.42 Å². The molecule has 1 aromatic rings. The zero-order chi connectivity index (χ0) is 20.1. The van der Waals surface area contributed by atoms with E-state index in [1.54, 1.807) is 7.05 Å². The molecule has 0 aliphatic heterocycles. The van der Waals surface area contributed by atoms with Gasteiger partial charge < -0.3 is 20.9 Å². The van der Waals surface area contributed by atoms with Crippen molar-refractivity contribution in [3.63, 3.8) is 0 Å². The van der Waals surface area contributed by atoms with E-state index in [9.17, 15) is 4.79 Å². The molecule has 0 heterocycles. The monoisotopic (exact) mass is 503 g/mol. The van der Waals surface area contributed by atoms with Crippen LogP contribution in [0.4, 0.5) is 0 Å². The average molecular weight is 503 g/mol. The lowest BCUT2D eigenvalue weighted by atomic mass is 10.1. The third-order valence-corrected chi connectivity index (χ3v) is 4.54. The van der Waals surface area contributed by atoms with Crippen LogP contribution in [0.3, 0.4) is 0 Å². The quantitative estimate of drug-likeness (QED) is 0.188. The molecular formula is C21H38IN5O.